The molecular formula is C21H33N7OS. The Morgan fingerprint density at radius 2 is 2.27 bits per heavy atom. The highest BCUT2D eigenvalue weighted by Crippen LogP contribution is 2.28. The maximum absolute atomic E-state index is 5.17. The Balaban J connectivity index is 1.41. The summed E-state index contributed by atoms with van der Waals surface area (Å²) in [6.07, 6.45) is 4.52. The highest BCUT2D eigenvalue weighted by Gasteiger charge is 2.25. The molecule has 2 N–H and O–H groups in total. The number of thiophene rings is 1. The summed E-state index contributed by atoms with van der Waals surface area (Å²) in [6, 6.07) is 5.05. The number of hydrogen-bond acceptors (Lipinski definition) is 6. The van der Waals surface area contributed by atoms with Crippen LogP contribution < -0.4 is 10.6 Å². The molecule has 0 spiro atoms. The van der Waals surface area contributed by atoms with Crippen LogP contribution in [0.3, 0.4) is 0 Å². The van der Waals surface area contributed by atoms with E-state index in [-0.39, 0.29) is 0 Å². The molecule has 4 heterocycles. The van der Waals surface area contributed by atoms with Gasteiger partial charge in [0.1, 0.15) is 12.4 Å². The van der Waals surface area contributed by atoms with Crippen molar-refractivity contribution in [2.24, 2.45) is 4.99 Å². The number of aromatic nitrogens is 3. The fourth-order valence-electron chi connectivity index (χ4n) is 4.28. The van der Waals surface area contributed by atoms with Gasteiger partial charge in [-0.25, -0.2) is 9.67 Å². The Morgan fingerprint density at radius 1 is 1.40 bits per heavy atom. The smallest absolute Gasteiger partial charge is 0.191 e. The minimum absolute atomic E-state index is 0.291. The van der Waals surface area contributed by atoms with Gasteiger partial charge < -0.3 is 15.4 Å². The SMILES string of the molecule is CCNC(=NCC(c1cccs1)N1CCCC1)NC1CCc2nc(COC)nn2C1. The van der Waals surface area contributed by atoms with Gasteiger partial charge in [-0.15, -0.1) is 11.3 Å². The second kappa shape index (κ2) is 10.4. The zero-order chi connectivity index (χ0) is 20.8. The second-order valence-corrected chi connectivity index (χ2v) is 8.91. The standard InChI is InChI=1S/C21H33N7OS/c1-3-22-21(23-13-17(18-7-6-12-30-18)27-10-4-5-11-27)24-16-8-9-20-25-19(15-29-2)26-28(20)14-16/h6-7,12,16-17H,3-5,8-11,13-15H2,1-2H3,(H2,22,23,24). The van der Waals surface area contributed by atoms with Crippen molar-refractivity contribution in [3.8, 4) is 0 Å². The second-order valence-electron chi connectivity index (χ2n) is 7.93. The quantitative estimate of drug-likeness (QED) is 0.493. The van der Waals surface area contributed by atoms with E-state index in [0.717, 1.165) is 50.1 Å². The lowest BCUT2D eigenvalue weighted by Gasteiger charge is -2.27. The summed E-state index contributed by atoms with van der Waals surface area (Å²) >= 11 is 1.84. The fraction of sp³-hybridized carbons (Fsp3) is 0.667. The maximum Gasteiger partial charge on any atom is 0.191 e. The molecule has 2 aromatic rings. The van der Waals surface area contributed by atoms with E-state index >= 15 is 0 Å². The number of rotatable bonds is 8. The lowest BCUT2D eigenvalue weighted by Crippen LogP contribution is -2.47. The number of ether oxygens (including phenoxy) is 1. The first-order chi connectivity index (χ1) is 14.8. The minimum Gasteiger partial charge on any atom is -0.377 e. The van der Waals surface area contributed by atoms with Gasteiger partial charge in [0, 0.05) is 31.0 Å². The summed E-state index contributed by atoms with van der Waals surface area (Å²) in [6.45, 7) is 7.34. The molecule has 4 rings (SSSR count). The number of nitrogens with zero attached hydrogens (tertiary/aromatic N) is 5. The molecule has 2 aliphatic heterocycles. The lowest BCUT2D eigenvalue weighted by atomic mass is 10.1. The molecule has 2 unspecified atom stereocenters. The lowest BCUT2D eigenvalue weighted by molar-refractivity contribution is 0.177. The van der Waals surface area contributed by atoms with Crippen LogP contribution in [0.4, 0.5) is 0 Å². The number of fused-ring (bicyclic) bond motifs is 1. The first-order valence-electron chi connectivity index (χ1n) is 11.0. The van der Waals surface area contributed by atoms with Crippen molar-refractivity contribution in [3.05, 3.63) is 34.0 Å². The minimum atomic E-state index is 0.291. The molecule has 8 nitrogen and oxygen atoms in total. The van der Waals surface area contributed by atoms with Crippen molar-refractivity contribution in [3.63, 3.8) is 0 Å². The summed E-state index contributed by atoms with van der Waals surface area (Å²) in [5, 5.41) is 13.8. The number of guanidine groups is 1. The van der Waals surface area contributed by atoms with Crippen LogP contribution in [0.15, 0.2) is 22.5 Å². The number of nitrogens with one attached hydrogen (secondary N) is 2. The number of methoxy groups -OCH3 is 1. The molecule has 0 aliphatic carbocycles. The number of likely N-dealkylation sites (tertiary alicyclic amines) is 1. The third-order valence-corrected chi connectivity index (χ3v) is 6.71. The number of aryl methyl sites for hydroxylation is 1. The predicted molar refractivity (Wildman–Crippen MR) is 120 cm³/mol. The van der Waals surface area contributed by atoms with E-state index < -0.39 is 0 Å². The predicted octanol–water partition coefficient (Wildman–Crippen LogP) is 2.19. The number of hydrogen-bond donors (Lipinski definition) is 2. The highest BCUT2D eigenvalue weighted by atomic mass is 32.1. The van der Waals surface area contributed by atoms with Crippen molar-refractivity contribution in [2.75, 3.05) is 33.3 Å². The van der Waals surface area contributed by atoms with Crippen molar-refractivity contribution in [1.29, 1.82) is 0 Å². The van der Waals surface area contributed by atoms with Gasteiger partial charge >= 0.3 is 0 Å². The topological polar surface area (TPSA) is 79.6 Å². The van der Waals surface area contributed by atoms with Crippen LogP contribution in [0.1, 0.15) is 48.8 Å². The molecule has 2 aromatic heterocycles. The van der Waals surface area contributed by atoms with E-state index in [9.17, 15) is 0 Å². The summed E-state index contributed by atoms with van der Waals surface area (Å²) in [4.78, 5) is 13.6. The molecule has 2 atom stereocenters. The zero-order valence-electron chi connectivity index (χ0n) is 18.0. The summed E-state index contributed by atoms with van der Waals surface area (Å²) in [5.74, 6) is 2.70. The first kappa shape index (κ1) is 21.3. The van der Waals surface area contributed by atoms with Gasteiger partial charge in [0.2, 0.25) is 0 Å². The molecule has 30 heavy (non-hydrogen) atoms. The van der Waals surface area contributed by atoms with Gasteiger partial charge in [-0.2, -0.15) is 5.10 Å². The first-order valence-corrected chi connectivity index (χ1v) is 11.9. The van der Waals surface area contributed by atoms with Crippen molar-refractivity contribution >= 4 is 17.3 Å². The Labute approximate surface area is 182 Å². The molecule has 1 saturated heterocycles. The van der Waals surface area contributed by atoms with Crippen LogP contribution in [-0.2, 0) is 24.3 Å². The molecule has 0 amide bonds. The van der Waals surface area contributed by atoms with Crippen LogP contribution >= 0.6 is 11.3 Å². The molecule has 0 saturated carbocycles. The molecular weight excluding hydrogens is 398 g/mol. The van der Waals surface area contributed by atoms with Crippen LogP contribution in [-0.4, -0.2) is 65.0 Å². The normalized spacial score (nSPS) is 20.9. The summed E-state index contributed by atoms with van der Waals surface area (Å²) < 4.78 is 7.18. The van der Waals surface area contributed by atoms with Crippen LogP contribution in [0.2, 0.25) is 0 Å². The third-order valence-electron chi connectivity index (χ3n) is 5.74. The van der Waals surface area contributed by atoms with Crippen LogP contribution in [0.5, 0.6) is 0 Å². The average Bonchev–Trinajstić information content (AvgIpc) is 3.50. The zero-order valence-corrected chi connectivity index (χ0v) is 18.8. The Bertz CT molecular complexity index is 813. The van der Waals surface area contributed by atoms with Crippen molar-refractivity contribution in [1.82, 2.24) is 30.3 Å². The van der Waals surface area contributed by atoms with E-state index in [0.29, 0.717) is 18.7 Å². The van der Waals surface area contributed by atoms with Gasteiger partial charge in [-0.3, -0.25) is 9.89 Å². The molecule has 0 radical (unpaired) electrons. The molecule has 2 aliphatic rings. The molecule has 0 aromatic carbocycles. The van der Waals surface area contributed by atoms with E-state index in [2.05, 4.69) is 50.1 Å². The largest absolute Gasteiger partial charge is 0.377 e. The van der Waals surface area contributed by atoms with Crippen LogP contribution in [0, 0.1) is 0 Å². The van der Waals surface area contributed by atoms with E-state index in [1.54, 1.807) is 7.11 Å². The van der Waals surface area contributed by atoms with E-state index in [1.807, 2.05) is 16.0 Å². The molecule has 1 fully saturated rings. The molecule has 9 heteroatoms. The van der Waals surface area contributed by atoms with E-state index in [1.165, 1.54) is 30.8 Å². The van der Waals surface area contributed by atoms with Gasteiger partial charge in [-0.05, 0) is 50.7 Å². The maximum atomic E-state index is 5.17. The van der Waals surface area contributed by atoms with Gasteiger partial charge in [0.05, 0.1) is 19.1 Å². The van der Waals surface area contributed by atoms with Gasteiger partial charge in [-0.1, -0.05) is 6.07 Å². The summed E-state index contributed by atoms with van der Waals surface area (Å²) in [7, 11) is 1.68. The van der Waals surface area contributed by atoms with Gasteiger partial charge in [0.25, 0.3) is 0 Å². The average molecular weight is 432 g/mol. The van der Waals surface area contributed by atoms with Crippen LogP contribution in [0.25, 0.3) is 0 Å². The summed E-state index contributed by atoms with van der Waals surface area (Å²) in [5.41, 5.74) is 0. The third kappa shape index (κ3) is 5.19. The fourth-order valence-corrected chi connectivity index (χ4v) is 5.13. The molecule has 164 valence electrons. The van der Waals surface area contributed by atoms with Crippen molar-refractivity contribution in [2.45, 2.75) is 57.8 Å². The van der Waals surface area contributed by atoms with Gasteiger partial charge in [0.15, 0.2) is 11.8 Å². The monoisotopic (exact) mass is 431 g/mol. The van der Waals surface area contributed by atoms with Crippen molar-refractivity contribution < 1.29 is 4.74 Å². The highest BCUT2D eigenvalue weighted by molar-refractivity contribution is 7.10. The Kier molecular flexibility index (Phi) is 7.35. The number of aliphatic imine (C=N–C) groups is 1. The van der Waals surface area contributed by atoms with E-state index in [4.69, 9.17) is 9.73 Å². The molecule has 0 bridgehead atoms. The Hall–Kier alpha value is -1.97. The Morgan fingerprint density at radius 3 is 3.00 bits per heavy atom.